The van der Waals surface area contributed by atoms with Gasteiger partial charge in [-0.25, -0.2) is 0 Å². The molecule has 0 aliphatic carbocycles. The smallest absolute Gasteiger partial charge is 0.278 e. The van der Waals surface area contributed by atoms with Crippen molar-refractivity contribution in [2.45, 2.75) is 32.8 Å². The van der Waals surface area contributed by atoms with E-state index < -0.39 is 22.8 Å². The Morgan fingerprint density at radius 2 is 1.96 bits per heavy atom. The van der Waals surface area contributed by atoms with Crippen molar-refractivity contribution in [3.05, 3.63) is 51.9 Å². The first-order chi connectivity index (χ1) is 12.2. The van der Waals surface area contributed by atoms with E-state index in [0.29, 0.717) is 25.2 Å². The molecule has 1 aromatic carbocycles. The zero-order valence-electron chi connectivity index (χ0n) is 15.1. The Balaban J connectivity index is 1.95. The first-order valence-corrected chi connectivity index (χ1v) is 8.61. The number of piperidine rings is 1. The van der Waals surface area contributed by atoms with Crippen LogP contribution >= 0.6 is 0 Å². The number of aromatic nitrogens is 2. The van der Waals surface area contributed by atoms with Gasteiger partial charge >= 0.3 is 0 Å². The van der Waals surface area contributed by atoms with Crippen LogP contribution in [0.25, 0.3) is 5.69 Å². The van der Waals surface area contributed by atoms with Gasteiger partial charge < -0.3 is 15.1 Å². The van der Waals surface area contributed by atoms with Crippen LogP contribution in [-0.2, 0) is 0 Å². The normalized spacial score (nSPS) is 23.1. The summed E-state index contributed by atoms with van der Waals surface area (Å²) in [7, 11) is 0. The molecule has 1 amide bonds. The van der Waals surface area contributed by atoms with Gasteiger partial charge in [0, 0.05) is 25.1 Å². The number of likely N-dealkylation sites (tertiary alicyclic amines) is 1. The van der Waals surface area contributed by atoms with Gasteiger partial charge in [-0.3, -0.25) is 9.59 Å². The predicted octanol–water partition coefficient (Wildman–Crippen LogP) is 1.48. The van der Waals surface area contributed by atoms with Crippen LogP contribution in [-0.4, -0.2) is 49.5 Å². The zero-order chi connectivity index (χ0) is 19.1. The number of hydrogen-bond donors (Lipinski definition) is 2. The third-order valence-corrected chi connectivity index (χ3v) is 5.12. The summed E-state index contributed by atoms with van der Waals surface area (Å²) < 4.78 is 1.11. The Bertz CT molecular complexity index is 887. The van der Waals surface area contributed by atoms with Crippen molar-refractivity contribution >= 4 is 5.91 Å². The van der Waals surface area contributed by atoms with Gasteiger partial charge in [0.2, 0.25) is 0 Å². The highest BCUT2D eigenvalue weighted by molar-refractivity contribution is 5.94. The second-order valence-corrected chi connectivity index (χ2v) is 7.22. The van der Waals surface area contributed by atoms with Gasteiger partial charge in [-0.1, -0.05) is 24.6 Å². The lowest BCUT2D eigenvalue weighted by atomic mass is 9.84. The van der Waals surface area contributed by atoms with Crippen LogP contribution in [0.5, 0.6) is 5.75 Å². The Morgan fingerprint density at radius 3 is 2.58 bits per heavy atom. The molecule has 1 aliphatic heterocycles. The summed E-state index contributed by atoms with van der Waals surface area (Å²) in [5.41, 5.74) is 0.0417. The van der Waals surface area contributed by atoms with Crippen LogP contribution in [0.4, 0.5) is 0 Å². The van der Waals surface area contributed by atoms with Crippen molar-refractivity contribution in [1.29, 1.82) is 0 Å². The van der Waals surface area contributed by atoms with E-state index in [4.69, 9.17) is 0 Å². The van der Waals surface area contributed by atoms with Gasteiger partial charge in [0.05, 0.1) is 11.3 Å². The molecule has 26 heavy (non-hydrogen) atoms. The maximum Gasteiger partial charge on any atom is 0.278 e. The summed E-state index contributed by atoms with van der Waals surface area (Å²) >= 11 is 0. The molecule has 7 heteroatoms. The highest BCUT2D eigenvalue weighted by atomic mass is 16.3. The fourth-order valence-electron chi connectivity index (χ4n) is 3.03. The molecule has 1 aromatic heterocycles. The number of rotatable bonds is 2. The van der Waals surface area contributed by atoms with Crippen LogP contribution in [0.1, 0.15) is 36.3 Å². The maximum absolute atomic E-state index is 12.8. The van der Waals surface area contributed by atoms with E-state index in [2.05, 4.69) is 5.10 Å². The summed E-state index contributed by atoms with van der Waals surface area (Å²) in [6.07, 6.45) is 0.443. The molecule has 1 fully saturated rings. The van der Waals surface area contributed by atoms with Gasteiger partial charge in [0.1, 0.15) is 0 Å². The van der Waals surface area contributed by atoms with Crippen LogP contribution < -0.4 is 5.56 Å². The SMILES string of the molecule is Cc1ccc(-n2nc(C(=O)N3CCC(C)(O)C(C)C3)c(O)cc2=O)cc1. The van der Waals surface area contributed by atoms with Gasteiger partial charge in [0.25, 0.3) is 11.5 Å². The zero-order valence-corrected chi connectivity index (χ0v) is 15.1. The Labute approximate surface area is 151 Å². The largest absolute Gasteiger partial charge is 0.505 e. The number of aryl methyl sites for hydroxylation is 1. The van der Waals surface area contributed by atoms with Crippen LogP contribution in [0, 0.1) is 12.8 Å². The molecule has 1 saturated heterocycles. The lowest BCUT2D eigenvalue weighted by Gasteiger charge is -2.40. The van der Waals surface area contributed by atoms with E-state index in [-0.39, 0.29) is 11.6 Å². The standard InChI is InChI=1S/C19H23N3O4/c1-12-4-6-14(7-5-12)22-16(24)10-15(23)17(20-22)18(25)21-9-8-19(3,26)13(2)11-21/h4-7,10,13,23,26H,8-9,11H2,1-3H3. The van der Waals surface area contributed by atoms with Gasteiger partial charge in [-0.05, 0) is 32.4 Å². The third kappa shape index (κ3) is 3.35. The number of amides is 1. The molecule has 3 rings (SSSR count). The minimum atomic E-state index is -0.826. The number of aromatic hydroxyl groups is 1. The van der Waals surface area contributed by atoms with E-state index in [1.165, 1.54) is 0 Å². The van der Waals surface area contributed by atoms with Crippen LogP contribution in [0.15, 0.2) is 35.1 Å². The van der Waals surface area contributed by atoms with Crippen molar-refractivity contribution in [3.63, 3.8) is 0 Å². The third-order valence-electron chi connectivity index (χ3n) is 5.12. The maximum atomic E-state index is 12.8. The summed E-state index contributed by atoms with van der Waals surface area (Å²) in [6.45, 7) is 6.28. The molecule has 138 valence electrons. The number of aliphatic hydroxyl groups is 1. The van der Waals surface area contributed by atoms with Crippen molar-refractivity contribution in [2.75, 3.05) is 13.1 Å². The Kier molecular flexibility index (Phi) is 4.58. The predicted molar refractivity (Wildman–Crippen MR) is 96.5 cm³/mol. The minimum absolute atomic E-state index is 0.106. The van der Waals surface area contributed by atoms with Crippen molar-refractivity contribution in [1.82, 2.24) is 14.7 Å². The molecule has 2 N–H and O–H groups in total. The molecule has 0 bridgehead atoms. The molecule has 2 unspecified atom stereocenters. The molecule has 7 nitrogen and oxygen atoms in total. The molecule has 2 atom stereocenters. The second-order valence-electron chi connectivity index (χ2n) is 7.22. The number of carbonyl (C=O) groups is 1. The number of benzene rings is 1. The monoisotopic (exact) mass is 357 g/mol. The summed E-state index contributed by atoms with van der Waals surface area (Å²) in [5, 5.41) is 24.5. The topological polar surface area (TPSA) is 95.7 Å². The number of hydrogen-bond acceptors (Lipinski definition) is 5. The first kappa shape index (κ1) is 18.1. The molecular weight excluding hydrogens is 334 g/mol. The van der Waals surface area contributed by atoms with E-state index >= 15 is 0 Å². The van der Waals surface area contributed by atoms with Crippen LogP contribution in [0.3, 0.4) is 0 Å². The second kappa shape index (κ2) is 6.57. The molecular formula is C19H23N3O4. The summed E-state index contributed by atoms with van der Waals surface area (Å²) in [6, 6.07) is 8.15. The minimum Gasteiger partial charge on any atom is -0.505 e. The Hall–Kier alpha value is -2.67. The van der Waals surface area contributed by atoms with Gasteiger partial charge in [0.15, 0.2) is 11.4 Å². The van der Waals surface area contributed by atoms with Crippen LogP contribution in [0.2, 0.25) is 0 Å². The molecule has 0 saturated carbocycles. The number of carbonyl (C=O) groups excluding carboxylic acids is 1. The average Bonchev–Trinajstić information content (AvgIpc) is 2.58. The first-order valence-electron chi connectivity index (χ1n) is 8.61. The van der Waals surface area contributed by atoms with E-state index in [9.17, 15) is 19.8 Å². The van der Waals surface area contributed by atoms with Crippen molar-refractivity contribution in [3.8, 4) is 11.4 Å². The summed E-state index contributed by atoms with van der Waals surface area (Å²) in [5.74, 6) is -0.996. The van der Waals surface area contributed by atoms with E-state index in [1.807, 2.05) is 26.0 Å². The molecule has 1 aliphatic rings. The molecule has 2 heterocycles. The Morgan fingerprint density at radius 1 is 1.31 bits per heavy atom. The highest BCUT2D eigenvalue weighted by Crippen LogP contribution is 2.28. The fraction of sp³-hybridized carbons (Fsp3) is 0.421. The molecule has 0 spiro atoms. The summed E-state index contributed by atoms with van der Waals surface area (Å²) in [4.78, 5) is 26.6. The van der Waals surface area contributed by atoms with Crippen molar-refractivity contribution in [2.24, 2.45) is 5.92 Å². The highest BCUT2D eigenvalue weighted by Gasteiger charge is 2.37. The molecule has 0 radical (unpaired) electrons. The fourth-order valence-corrected chi connectivity index (χ4v) is 3.03. The van der Waals surface area contributed by atoms with E-state index in [1.54, 1.807) is 24.0 Å². The van der Waals surface area contributed by atoms with Crippen molar-refractivity contribution < 1.29 is 15.0 Å². The van der Waals surface area contributed by atoms with E-state index in [0.717, 1.165) is 16.3 Å². The molecule has 2 aromatic rings. The number of nitrogens with zero attached hydrogens (tertiary/aromatic N) is 3. The lowest BCUT2D eigenvalue weighted by Crippen LogP contribution is -2.51. The quantitative estimate of drug-likeness (QED) is 0.849. The lowest BCUT2D eigenvalue weighted by molar-refractivity contribution is -0.0441. The average molecular weight is 357 g/mol. The van der Waals surface area contributed by atoms with Gasteiger partial charge in [-0.15, -0.1) is 0 Å². The van der Waals surface area contributed by atoms with Gasteiger partial charge in [-0.2, -0.15) is 9.78 Å².